The first-order valence-corrected chi connectivity index (χ1v) is 7.95. The predicted molar refractivity (Wildman–Crippen MR) is 67.1 cm³/mol. The van der Waals surface area contributed by atoms with Gasteiger partial charge in [-0.05, 0) is 19.3 Å². The Bertz CT molecular complexity index is 341. The Morgan fingerprint density at radius 2 is 2.12 bits per heavy atom. The highest BCUT2D eigenvalue weighted by Crippen LogP contribution is 2.09. The van der Waals surface area contributed by atoms with Crippen molar-refractivity contribution < 1.29 is 13.2 Å². The lowest BCUT2D eigenvalue weighted by molar-refractivity contribution is -0.127. The smallest absolute Gasteiger partial charge is 0.222 e. The first-order valence-electron chi connectivity index (χ1n) is 6.30. The summed E-state index contributed by atoms with van der Waals surface area (Å²) < 4.78 is 25.5. The zero-order valence-electron chi connectivity index (χ0n) is 10.4. The monoisotopic (exact) mass is 262 g/mol. The molecule has 0 atom stereocenters. The quantitative estimate of drug-likeness (QED) is 0.655. The van der Waals surface area contributed by atoms with E-state index >= 15 is 0 Å². The molecule has 0 aliphatic carbocycles. The van der Waals surface area contributed by atoms with Gasteiger partial charge in [0.2, 0.25) is 15.9 Å². The highest BCUT2D eigenvalue weighted by molar-refractivity contribution is 7.89. The summed E-state index contributed by atoms with van der Waals surface area (Å²) in [6.07, 6.45) is 3.84. The van der Waals surface area contributed by atoms with Crippen molar-refractivity contribution in [1.29, 1.82) is 0 Å². The molecule has 1 rings (SSSR count). The predicted octanol–water partition coefficient (Wildman–Crippen LogP) is 0.718. The fourth-order valence-corrected chi connectivity index (χ4v) is 3.11. The molecule has 0 aromatic rings. The molecule has 0 radical (unpaired) electrons. The molecule has 1 amide bonds. The van der Waals surface area contributed by atoms with Crippen LogP contribution in [-0.4, -0.2) is 44.6 Å². The van der Waals surface area contributed by atoms with Gasteiger partial charge in [-0.3, -0.25) is 4.79 Å². The van der Waals surface area contributed by atoms with Gasteiger partial charge >= 0.3 is 0 Å². The van der Waals surface area contributed by atoms with Crippen LogP contribution < -0.4 is 4.72 Å². The summed E-state index contributed by atoms with van der Waals surface area (Å²) in [4.78, 5) is 13.1. The van der Waals surface area contributed by atoms with Crippen LogP contribution in [-0.2, 0) is 14.8 Å². The van der Waals surface area contributed by atoms with E-state index < -0.39 is 10.0 Å². The molecule has 0 spiro atoms. The first-order chi connectivity index (χ1) is 8.05. The molecule has 0 saturated carbocycles. The number of rotatable bonds is 8. The van der Waals surface area contributed by atoms with Crippen LogP contribution in [0.25, 0.3) is 0 Å². The van der Waals surface area contributed by atoms with Crippen LogP contribution in [0.2, 0.25) is 0 Å². The third kappa shape index (κ3) is 5.50. The molecule has 1 heterocycles. The Morgan fingerprint density at radius 1 is 1.35 bits per heavy atom. The number of nitrogens with zero attached hydrogens (tertiary/aromatic N) is 1. The van der Waals surface area contributed by atoms with Gasteiger partial charge in [0.15, 0.2) is 0 Å². The van der Waals surface area contributed by atoms with Crippen molar-refractivity contribution in [3.63, 3.8) is 0 Å². The average molecular weight is 262 g/mol. The van der Waals surface area contributed by atoms with E-state index in [0.717, 1.165) is 19.4 Å². The number of nitrogens with one attached hydrogen (secondary N) is 1. The molecule has 0 bridgehead atoms. The van der Waals surface area contributed by atoms with Crippen LogP contribution >= 0.6 is 0 Å². The summed E-state index contributed by atoms with van der Waals surface area (Å²) in [5.74, 6) is 0.394. The van der Waals surface area contributed by atoms with Crippen LogP contribution in [0.1, 0.15) is 39.0 Å². The van der Waals surface area contributed by atoms with E-state index in [-0.39, 0.29) is 11.7 Å². The van der Waals surface area contributed by atoms with Crippen molar-refractivity contribution in [1.82, 2.24) is 9.62 Å². The highest BCUT2D eigenvalue weighted by atomic mass is 32.2. The summed E-state index contributed by atoms with van der Waals surface area (Å²) >= 11 is 0. The van der Waals surface area contributed by atoms with E-state index in [2.05, 4.69) is 4.72 Å². The van der Waals surface area contributed by atoms with Crippen molar-refractivity contribution in [2.75, 3.05) is 25.4 Å². The summed E-state index contributed by atoms with van der Waals surface area (Å²) in [6, 6.07) is 0. The molecule has 1 N–H and O–H groups in total. The third-order valence-corrected chi connectivity index (χ3v) is 4.33. The zero-order valence-corrected chi connectivity index (χ0v) is 11.3. The Kier molecular flexibility index (Phi) is 5.91. The van der Waals surface area contributed by atoms with E-state index in [1.807, 2.05) is 6.92 Å². The molecule has 0 aromatic heterocycles. The number of unbranched alkanes of at least 4 members (excludes halogenated alkanes) is 1. The normalized spacial score (nSPS) is 16.8. The van der Waals surface area contributed by atoms with Crippen molar-refractivity contribution >= 4 is 15.9 Å². The van der Waals surface area contributed by atoms with Gasteiger partial charge in [0.25, 0.3) is 0 Å². The molecule has 1 saturated heterocycles. The second kappa shape index (κ2) is 6.96. The van der Waals surface area contributed by atoms with Gasteiger partial charge in [0, 0.05) is 26.1 Å². The lowest BCUT2D eigenvalue weighted by Crippen LogP contribution is -2.31. The maximum absolute atomic E-state index is 11.5. The summed E-state index contributed by atoms with van der Waals surface area (Å²) in [6.45, 7) is 3.88. The molecular weight excluding hydrogens is 240 g/mol. The van der Waals surface area contributed by atoms with Gasteiger partial charge in [0.05, 0.1) is 5.75 Å². The summed E-state index contributed by atoms with van der Waals surface area (Å²) in [5, 5.41) is 0. The lowest BCUT2D eigenvalue weighted by Gasteiger charge is -2.15. The molecule has 1 aliphatic rings. The molecule has 17 heavy (non-hydrogen) atoms. The third-order valence-electron chi connectivity index (χ3n) is 2.86. The van der Waals surface area contributed by atoms with Crippen LogP contribution in [0.15, 0.2) is 0 Å². The van der Waals surface area contributed by atoms with Gasteiger partial charge < -0.3 is 4.90 Å². The molecule has 0 unspecified atom stereocenters. The number of likely N-dealkylation sites (tertiary alicyclic amines) is 1. The van der Waals surface area contributed by atoms with Crippen molar-refractivity contribution in [3.05, 3.63) is 0 Å². The van der Waals surface area contributed by atoms with E-state index in [9.17, 15) is 13.2 Å². The fourth-order valence-electron chi connectivity index (χ4n) is 1.84. The van der Waals surface area contributed by atoms with Gasteiger partial charge in [-0.25, -0.2) is 13.1 Å². The number of carbonyl (C=O) groups is 1. The zero-order chi connectivity index (χ0) is 12.7. The molecule has 1 fully saturated rings. The van der Waals surface area contributed by atoms with Crippen LogP contribution in [0.3, 0.4) is 0 Å². The number of hydrogen-bond donors (Lipinski definition) is 1. The topological polar surface area (TPSA) is 66.5 Å². The molecule has 100 valence electrons. The minimum Gasteiger partial charge on any atom is -0.343 e. The van der Waals surface area contributed by atoms with Crippen LogP contribution in [0.5, 0.6) is 0 Å². The summed E-state index contributed by atoms with van der Waals surface area (Å²) in [5.41, 5.74) is 0. The number of sulfonamides is 1. The van der Waals surface area contributed by atoms with Gasteiger partial charge in [0.1, 0.15) is 0 Å². The first kappa shape index (κ1) is 14.4. The maximum Gasteiger partial charge on any atom is 0.222 e. The SMILES string of the molecule is CCCCS(=O)(=O)NCCCN1CCCC1=O. The maximum atomic E-state index is 11.5. The second-order valence-electron chi connectivity index (χ2n) is 4.40. The van der Waals surface area contributed by atoms with Crippen molar-refractivity contribution in [2.45, 2.75) is 39.0 Å². The molecule has 6 heteroatoms. The lowest BCUT2D eigenvalue weighted by atomic mass is 10.4. The molecule has 0 aromatic carbocycles. The van der Waals surface area contributed by atoms with Crippen molar-refractivity contribution in [3.8, 4) is 0 Å². The Balaban J connectivity index is 2.13. The minimum atomic E-state index is -3.11. The molecule has 1 aliphatic heterocycles. The average Bonchev–Trinajstić information content (AvgIpc) is 2.68. The summed E-state index contributed by atoms with van der Waals surface area (Å²) in [7, 11) is -3.11. The Hall–Kier alpha value is -0.620. The van der Waals surface area contributed by atoms with E-state index in [0.29, 0.717) is 32.4 Å². The van der Waals surface area contributed by atoms with E-state index in [1.165, 1.54) is 0 Å². The van der Waals surface area contributed by atoms with Gasteiger partial charge in [-0.1, -0.05) is 13.3 Å². The molecule has 5 nitrogen and oxygen atoms in total. The van der Waals surface area contributed by atoms with Gasteiger partial charge in [-0.15, -0.1) is 0 Å². The van der Waals surface area contributed by atoms with Crippen molar-refractivity contribution in [2.24, 2.45) is 0 Å². The highest BCUT2D eigenvalue weighted by Gasteiger charge is 2.19. The van der Waals surface area contributed by atoms with E-state index in [4.69, 9.17) is 0 Å². The Morgan fingerprint density at radius 3 is 2.71 bits per heavy atom. The van der Waals surface area contributed by atoms with Crippen LogP contribution in [0.4, 0.5) is 0 Å². The largest absolute Gasteiger partial charge is 0.343 e. The van der Waals surface area contributed by atoms with Crippen LogP contribution in [0, 0.1) is 0 Å². The van der Waals surface area contributed by atoms with E-state index in [1.54, 1.807) is 4.90 Å². The van der Waals surface area contributed by atoms with Gasteiger partial charge in [-0.2, -0.15) is 0 Å². The Labute approximate surface area is 104 Å². The number of hydrogen-bond acceptors (Lipinski definition) is 3. The number of amides is 1. The standard InChI is InChI=1S/C11H22N2O3S/c1-2-3-10-17(15,16)12-7-5-9-13-8-4-6-11(13)14/h12H,2-10H2,1H3. The minimum absolute atomic E-state index is 0.193. The fraction of sp³-hybridized carbons (Fsp3) is 0.909. The number of carbonyl (C=O) groups excluding carboxylic acids is 1. The second-order valence-corrected chi connectivity index (χ2v) is 6.33. The molecular formula is C11H22N2O3S.